The van der Waals surface area contributed by atoms with Crippen molar-refractivity contribution in [2.75, 3.05) is 7.11 Å². The molecule has 9 heteroatoms. The third kappa shape index (κ3) is 2.56. The van der Waals surface area contributed by atoms with Crippen molar-refractivity contribution in [3.63, 3.8) is 0 Å². The normalized spacial score (nSPS) is 10.4. The van der Waals surface area contributed by atoms with Gasteiger partial charge in [0.25, 0.3) is 0 Å². The van der Waals surface area contributed by atoms with E-state index in [9.17, 15) is 27.6 Å². The molecule has 0 atom stereocenters. The Bertz CT molecular complexity index is 584. The molecule has 0 spiro atoms. The molecule has 1 aromatic rings. The third-order valence-electron chi connectivity index (χ3n) is 2.34. The minimum absolute atomic E-state index is 0.0778. The van der Waals surface area contributed by atoms with Crippen LogP contribution in [0.25, 0.3) is 0 Å². The van der Waals surface area contributed by atoms with Gasteiger partial charge in [-0.1, -0.05) is 0 Å². The maximum Gasteiger partial charge on any atom is 0.325 e. The van der Waals surface area contributed by atoms with Gasteiger partial charge in [-0.2, -0.15) is 4.39 Å². The zero-order valence-corrected chi connectivity index (χ0v) is 9.82. The van der Waals surface area contributed by atoms with Crippen LogP contribution in [0.1, 0.15) is 10.4 Å². The Morgan fingerprint density at radius 1 is 1.10 bits per heavy atom. The number of methoxy groups -OCH3 is 1. The number of ether oxygens (including phenoxy) is 1. The summed E-state index contributed by atoms with van der Waals surface area (Å²) < 4.78 is 44.2. The van der Waals surface area contributed by atoms with Crippen molar-refractivity contribution < 1.29 is 42.5 Å². The van der Waals surface area contributed by atoms with E-state index >= 15 is 0 Å². The number of Topliss-reactive ketones (excluding diaryl/α,β-unsaturated/α-hetero) is 1. The summed E-state index contributed by atoms with van der Waals surface area (Å²) in [5.74, 6) is -14.8. The largest absolute Gasteiger partial charge is 0.491 e. The summed E-state index contributed by atoms with van der Waals surface area (Å²) in [4.78, 5) is 32.9. The second-order valence-electron chi connectivity index (χ2n) is 3.54. The van der Waals surface area contributed by atoms with E-state index in [4.69, 9.17) is 10.2 Å². The Kier molecular flexibility index (Phi) is 4.33. The molecule has 1 aromatic carbocycles. The van der Waals surface area contributed by atoms with E-state index < -0.39 is 52.4 Å². The highest BCUT2D eigenvalue weighted by Gasteiger charge is 2.37. The molecule has 0 aliphatic heterocycles. The summed E-state index contributed by atoms with van der Waals surface area (Å²) in [6, 6.07) is 0.0778. The smallest absolute Gasteiger partial charge is 0.325 e. The molecule has 0 fully saturated rings. The first kappa shape index (κ1) is 15.5. The lowest BCUT2D eigenvalue weighted by molar-refractivity contribution is -0.151. The number of aliphatic carboxylic acids is 2. The molecule has 0 radical (unpaired) electrons. The van der Waals surface area contributed by atoms with Crippen molar-refractivity contribution in [2.24, 2.45) is 5.92 Å². The Morgan fingerprint density at radius 3 is 2.00 bits per heavy atom. The van der Waals surface area contributed by atoms with Gasteiger partial charge in [0, 0.05) is 0 Å². The lowest BCUT2D eigenvalue weighted by Crippen LogP contribution is -2.32. The zero-order chi connectivity index (χ0) is 15.6. The highest BCUT2D eigenvalue weighted by molar-refractivity contribution is 6.20. The van der Waals surface area contributed by atoms with Gasteiger partial charge in [-0.05, 0) is 6.07 Å². The van der Waals surface area contributed by atoms with Gasteiger partial charge in [-0.15, -0.1) is 0 Å². The van der Waals surface area contributed by atoms with Gasteiger partial charge in [0.2, 0.25) is 11.7 Å². The van der Waals surface area contributed by atoms with Crippen molar-refractivity contribution >= 4 is 17.7 Å². The monoisotopic (exact) mass is 292 g/mol. The van der Waals surface area contributed by atoms with Crippen LogP contribution >= 0.6 is 0 Å². The number of halogens is 3. The summed E-state index contributed by atoms with van der Waals surface area (Å²) in [6.45, 7) is 0. The molecule has 0 aliphatic carbocycles. The van der Waals surface area contributed by atoms with E-state index in [1.807, 2.05) is 0 Å². The number of hydrogen-bond acceptors (Lipinski definition) is 4. The maximum atomic E-state index is 13.7. The van der Waals surface area contributed by atoms with Crippen LogP contribution < -0.4 is 4.74 Å². The van der Waals surface area contributed by atoms with Crippen molar-refractivity contribution in [1.82, 2.24) is 0 Å². The molecule has 20 heavy (non-hydrogen) atoms. The maximum absolute atomic E-state index is 13.7. The van der Waals surface area contributed by atoms with Crippen LogP contribution in [0.15, 0.2) is 6.07 Å². The third-order valence-corrected chi connectivity index (χ3v) is 2.34. The van der Waals surface area contributed by atoms with Crippen molar-refractivity contribution in [1.29, 1.82) is 0 Å². The van der Waals surface area contributed by atoms with Crippen LogP contribution in [-0.2, 0) is 9.59 Å². The molecule has 0 bridgehead atoms. The fourth-order valence-electron chi connectivity index (χ4n) is 1.42. The van der Waals surface area contributed by atoms with Crippen LogP contribution in [0.2, 0.25) is 0 Å². The number of benzene rings is 1. The quantitative estimate of drug-likeness (QED) is 0.478. The van der Waals surface area contributed by atoms with Gasteiger partial charge in [-0.3, -0.25) is 14.4 Å². The predicted molar refractivity (Wildman–Crippen MR) is 56.0 cm³/mol. The second kappa shape index (κ2) is 5.59. The number of carboxylic acid groups (broad SMARTS) is 2. The first-order valence-electron chi connectivity index (χ1n) is 4.93. The fourth-order valence-corrected chi connectivity index (χ4v) is 1.42. The van der Waals surface area contributed by atoms with E-state index in [1.54, 1.807) is 0 Å². The minimum atomic E-state index is -2.64. The number of rotatable bonds is 5. The Labute approximate surface area is 109 Å². The molecule has 0 aliphatic rings. The van der Waals surface area contributed by atoms with Crippen LogP contribution in [-0.4, -0.2) is 35.0 Å². The Balaban J connectivity index is 3.47. The average molecular weight is 292 g/mol. The second-order valence-corrected chi connectivity index (χ2v) is 3.54. The summed E-state index contributed by atoms with van der Waals surface area (Å²) in [7, 11) is 0.793. The SMILES string of the molecule is COc1c(F)c(F)cc(C(=O)C(C(=O)O)C(=O)O)c1F. The molecule has 0 saturated carbocycles. The first-order valence-corrected chi connectivity index (χ1v) is 4.93. The van der Waals surface area contributed by atoms with Crippen molar-refractivity contribution in [3.05, 3.63) is 29.1 Å². The number of hydrogen-bond donors (Lipinski definition) is 2. The van der Waals surface area contributed by atoms with Crippen LogP contribution in [0, 0.1) is 23.4 Å². The molecule has 108 valence electrons. The van der Waals surface area contributed by atoms with Gasteiger partial charge in [0.15, 0.2) is 23.2 Å². The topological polar surface area (TPSA) is 101 Å². The molecule has 0 heterocycles. The van der Waals surface area contributed by atoms with Crippen molar-refractivity contribution in [2.45, 2.75) is 0 Å². The average Bonchev–Trinajstić information content (AvgIpc) is 2.33. The number of carboxylic acids is 2. The Hall–Kier alpha value is -2.58. The molecular formula is C11H7F3O6. The molecule has 0 unspecified atom stereocenters. The molecule has 0 aromatic heterocycles. The van der Waals surface area contributed by atoms with Gasteiger partial charge in [0.1, 0.15) is 0 Å². The van der Waals surface area contributed by atoms with E-state index in [-0.39, 0.29) is 6.07 Å². The van der Waals surface area contributed by atoms with Crippen LogP contribution in [0.5, 0.6) is 5.75 Å². The first-order chi connectivity index (χ1) is 9.22. The van der Waals surface area contributed by atoms with Crippen LogP contribution in [0.3, 0.4) is 0 Å². The standard InChI is InChI=1S/C11H7F3O6/c1-20-9-6(13)3(2-4(12)7(9)14)8(15)5(10(16)17)11(18)19/h2,5H,1H3,(H,16,17)(H,18,19). The lowest BCUT2D eigenvalue weighted by atomic mass is 9.97. The lowest BCUT2D eigenvalue weighted by Gasteiger charge is -2.11. The number of ketones is 1. The number of carbonyl (C=O) groups is 3. The van der Waals surface area contributed by atoms with E-state index in [1.165, 1.54) is 0 Å². The fraction of sp³-hybridized carbons (Fsp3) is 0.182. The van der Waals surface area contributed by atoms with Gasteiger partial charge in [-0.25, -0.2) is 8.78 Å². The summed E-state index contributed by atoms with van der Waals surface area (Å²) in [6.07, 6.45) is 0. The van der Waals surface area contributed by atoms with E-state index in [0.717, 1.165) is 7.11 Å². The Morgan fingerprint density at radius 2 is 1.60 bits per heavy atom. The van der Waals surface area contributed by atoms with Gasteiger partial charge < -0.3 is 14.9 Å². The molecule has 0 saturated heterocycles. The molecule has 1 rings (SSSR count). The van der Waals surface area contributed by atoms with Crippen molar-refractivity contribution in [3.8, 4) is 5.75 Å². The number of carbonyl (C=O) groups excluding carboxylic acids is 1. The summed E-state index contributed by atoms with van der Waals surface area (Å²) >= 11 is 0. The molecule has 2 N–H and O–H groups in total. The van der Waals surface area contributed by atoms with Gasteiger partial charge in [0.05, 0.1) is 12.7 Å². The molecule has 0 amide bonds. The summed E-state index contributed by atoms with van der Waals surface area (Å²) in [5, 5.41) is 17.2. The minimum Gasteiger partial charge on any atom is -0.491 e. The van der Waals surface area contributed by atoms with Crippen LogP contribution in [0.4, 0.5) is 13.2 Å². The predicted octanol–water partition coefficient (Wildman–Crippen LogP) is 1.08. The summed E-state index contributed by atoms with van der Waals surface area (Å²) in [5.41, 5.74) is -1.23. The highest BCUT2D eigenvalue weighted by atomic mass is 19.2. The van der Waals surface area contributed by atoms with E-state index in [2.05, 4.69) is 4.74 Å². The molecular weight excluding hydrogens is 285 g/mol. The zero-order valence-electron chi connectivity index (χ0n) is 9.82. The highest BCUT2D eigenvalue weighted by Crippen LogP contribution is 2.28. The van der Waals surface area contributed by atoms with Gasteiger partial charge >= 0.3 is 11.9 Å². The molecule has 6 nitrogen and oxygen atoms in total. The van der Waals surface area contributed by atoms with E-state index in [0.29, 0.717) is 0 Å².